The molecule has 0 unspecified atom stereocenters. The van der Waals surface area contributed by atoms with Crippen LogP contribution in [0.5, 0.6) is 0 Å². The van der Waals surface area contributed by atoms with Crippen molar-refractivity contribution >= 4 is 29.3 Å². The SMILES string of the molecule is Nc1ccc(C[C@H](O)/C=C/[C@H]2CCC(=O)N2CCSCCCC(=O)O)cc1. The van der Waals surface area contributed by atoms with Gasteiger partial charge in [-0.2, -0.15) is 11.8 Å². The Morgan fingerprint density at radius 1 is 1.33 bits per heavy atom. The maximum atomic E-state index is 12.1. The number of hydrogen-bond acceptors (Lipinski definition) is 5. The Labute approximate surface area is 164 Å². The smallest absolute Gasteiger partial charge is 0.303 e. The predicted octanol–water partition coefficient (Wildman–Crippen LogP) is 2.32. The largest absolute Gasteiger partial charge is 0.481 e. The van der Waals surface area contributed by atoms with Gasteiger partial charge < -0.3 is 20.8 Å². The Hall–Kier alpha value is -1.99. The Balaban J connectivity index is 1.76. The summed E-state index contributed by atoms with van der Waals surface area (Å²) in [5, 5.41) is 18.9. The van der Waals surface area contributed by atoms with Crippen LogP contribution in [0.3, 0.4) is 0 Å². The van der Waals surface area contributed by atoms with Gasteiger partial charge in [0, 0.05) is 37.2 Å². The number of amides is 1. The van der Waals surface area contributed by atoms with E-state index in [-0.39, 0.29) is 18.4 Å². The van der Waals surface area contributed by atoms with E-state index in [1.807, 2.05) is 35.2 Å². The molecule has 4 N–H and O–H groups in total. The maximum absolute atomic E-state index is 12.1. The number of nitrogens with two attached hydrogens (primary N) is 1. The van der Waals surface area contributed by atoms with Gasteiger partial charge in [-0.15, -0.1) is 0 Å². The Kier molecular flexibility index (Phi) is 8.67. The second kappa shape index (κ2) is 11.0. The van der Waals surface area contributed by atoms with Gasteiger partial charge in [-0.25, -0.2) is 0 Å². The zero-order valence-corrected chi connectivity index (χ0v) is 16.2. The molecule has 2 rings (SSSR count). The van der Waals surface area contributed by atoms with Gasteiger partial charge in [0.1, 0.15) is 0 Å². The number of nitrogen functional groups attached to an aromatic ring is 1. The molecule has 1 amide bonds. The van der Waals surface area contributed by atoms with E-state index in [0.29, 0.717) is 31.5 Å². The number of carbonyl (C=O) groups excluding carboxylic acids is 1. The van der Waals surface area contributed by atoms with Crippen LogP contribution in [0.1, 0.15) is 31.2 Å². The van der Waals surface area contributed by atoms with Gasteiger partial charge in [0.2, 0.25) is 5.91 Å². The number of aliphatic hydroxyl groups is 1. The standard InChI is InChI=1S/C20H28N2O4S/c21-16-5-3-15(4-6-16)14-18(23)9-7-17-8-10-19(24)22(17)11-13-27-12-1-2-20(25)26/h3-7,9,17-18,23H,1-2,8,10-14,21H2,(H,25,26)/b9-7+/t17-,18+/m0/s1. The van der Waals surface area contributed by atoms with Crippen molar-refractivity contribution < 1.29 is 19.8 Å². The molecule has 1 aromatic rings. The lowest BCUT2D eigenvalue weighted by atomic mass is 10.1. The number of carboxylic acids is 1. The molecule has 27 heavy (non-hydrogen) atoms. The number of hydrogen-bond donors (Lipinski definition) is 3. The first-order valence-electron chi connectivity index (χ1n) is 9.25. The van der Waals surface area contributed by atoms with Crippen LogP contribution >= 0.6 is 11.8 Å². The fraction of sp³-hybridized carbons (Fsp3) is 0.500. The molecule has 7 heteroatoms. The van der Waals surface area contributed by atoms with E-state index in [9.17, 15) is 14.7 Å². The third-order valence-corrected chi connectivity index (χ3v) is 5.56. The van der Waals surface area contributed by atoms with Crippen molar-refractivity contribution in [2.45, 2.75) is 44.2 Å². The number of carbonyl (C=O) groups is 2. The van der Waals surface area contributed by atoms with Crippen molar-refractivity contribution in [2.24, 2.45) is 0 Å². The quantitative estimate of drug-likeness (QED) is 0.303. The van der Waals surface area contributed by atoms with Gasteiger partial charge in [-0.05, 0) is 36.3 Å². The van der Waals surface area contributed by atoms with Crippen LogP contribution in [-0.2, 0) is 16.0 Å². The molecule has 1 fully saturated rings. The molecule has 1 saturated heterocycles. The summed E-state index contributed by atoms with van der Waals surface area (Å²) in [7, 11) is 0. The highest BCUT2D eigenvalue weighted by Crippen LogP contribution is 2.21. The van der Waals surface area contributed by atoms with E-state index in [4.69, 9.17) is 10.8 Å². The van der Waals surface area contributed by atoms with Crippen molar-refractivity contribution in [2.75, 3.05) is 23.8 Å². The zero-order chi connectivity index (χ0) is 19.6. The molecule has 2 atom stereocenters. The summed E-state index contributed by atoms with van der Waals surface area (Å²) in [5.41, 5.74) is 7.38. The minimum atomic E-state index is -0.770. The highest BCUT2D eigenvalue weighted by molar-refractivity contribution is 7.99. The van der Waals surface area contributed by atoms with Crippen LogP contribution in [0.4, 0.5) is 5.69 Å². The van der Waals surface area contributed by atoms with Crippen LogP contribution < -0.4 is 5.73 Å². The number of thioether (sulfide) groups is 1. The third-order valence-electron chi connectivity index (χ3n) is 4.51. The number of aliphatic hydroxyl groups excluding tert-OH is 1. The van der Waals surface area contributed by atoms with Crippen molar-refractivity contribution in [3.8, 4) is 0 Å². The second-order valence-electron chi connectivity index (χ2n) is 6.70. The topological polar surface area (TPSA) is 104 Å². The van der Waals surface area contributed by atoms with Gasteiger partial charge in [-0.3, -0.25) is 9.59 Å². The van der Waals surface area contributed by atoms with E-state index in [2.05, 4.69) is 0 Å². The summed E-state index contributed by atoms with van der Waals surface area (Å²) in [5.74, 6) is 0.954. The van der Waals surface area contributed by atoms with Crippen LogP contribution in [0, 0.1) is 0 Å². The van der Waals surface area contributed by atoms with Crippen LogP contribution in [0.2, 0.25) is 0 Å². The summed E-state index contributed by atoms with van der Waals surface area (Å²) in [6, 6.07) is 7.46. The molecule has 148 valence electrons. The van der Waals surface area contributed by atoms with Gasteiger partial charge in [0.15, 0.2) is 0 Å². The predicted molar refractivity (Wildman–Crippen MR) is 109 cm³/mol. The van der Waals surface area contributed by atoms with Crippen LogP contribution in [0.25, 0.3) is 0 Å². The lowest BCUT2D eigenvalue weighted by Gasteiger charge is -2.22. The van der Waals surface area contributed by atoms with Crippen molar-refractivity contribution in [3.05, 3.63) is 42.0 Å². The van der Waals surface area contributed by atoms with Crippen LogP contribution in [-0.4, -0.2) is 57.2 Å². The summed E-state index contributed by atoms with van der Waals surface area (Å²) < 4.78 is 0. The van der Waals surface area contributed by atoms with Crippen LogP contribution in [0.15, 0.2) is 36.4 Å². The van der Waals surface area contributed by atoms with E-state index < -0.39 is 12.1 Å². The summed E-state index contributed by atoms with van der Waals surface area (Å²) in [6.45, 7) is 0.652. The van der Waals surface area contributed by atoms with Gasteiger partial charge in [0.05, 0.1) is 12.1 Å². The molecule has 0 spiro atoms. The summed E-state index contributed by atoms with van der Waals surface area (Å²) >= 11 is 1.67. The van der Waals surface area contributed by atoms with E-state index in [0.717, 1.165) is 23.5 Å². The van der Waals surface area contributed by atoms with E-state index in [1.54, 1.807) is 17.8 Å². The highest BCUT2D eigenvalue weighted by atomic mass is 32.2. The van der Waals surface area contributed by atoms with Crippen molar-refractivity contribution in [1.29, 1.82) is 0 Å². The Bertz CT molecular complexity index is 648. The minimum absolute atomic E-state index is 0.0261. The first-order valence-corrected chi connectivity index (χ1v) is 10.4. The van der Waals surface area contributed by atoms with Crippen molar-refractivity contribution in [3.63, 3.8) is 0 Å². The van der Waals surface area contributed by atoms with Gasteiger partial charge in [-0.1, -0.05) is 24.3 Å². The number of aliphatic carboxylic acids is 1. The number of nitrogens with zero attached hydrogens (tertiary/aromatic N) is 1. The van der Waals surface area contributed by atoms with E-state index >= 15 is 0 Å². The molecule has 6 nitrogen and oxygen atoms in total. The number of anilines is 1. The zero-order valence-electron chi connectivity index (χ0n) is 15.4. The average Bonchev–Trinajstić information content (AvgIpc) is 2.98. The molecular weight excluding hydrogens is 364 g/mol. The molecule has 1 aromatic carbocycles. The maximum Gasteiger partial charge on any atom is 0.303 e. The van der Waals surface area contributed by atoms with Gasteiger partial charge >= 0.3 is 5.97 Å². The molecule has 0 radical (unpaired) electrons. The Morgan fingerprint density at radius 3 is 2.78 bits per heavy atom. The number of carboxylic acid groups (broad SMARTS) is 1. The normalized spacial score (nSPS) is 18.3. The number of rotatable bonds is 11. The number of benzene rings is 1. The Morgan fingerprint density at radius 2 is 2.07 bits per heavy atom. The second-order valence-corrected chi connectivity index (χ2v) is 7.93. The first kappa shape index (κ1) is 21.3. The number of likely N-dealkylation sites (tertiary alicyclic amines) is 1. The molecule has 0 bridgehead atoms. The average molecular weight is 393 g/mol. The first-order chi connectivity index (χ1) is 13.0. The minimum Gasteiger partial charge on any atom is -0.481 e. The fourth-order valence-corrected chi connectivity index (χ4v) is 3.93. The van der Waals surface area contributed by atoms with E-state index in [1.165, 1.54) is 0 Å². The fourth-order valence-electron chi connectivity index (χ4n) is 3.06. The molecule has 1 heterocycles. The summed E-state index contributed by atoms with van der Waals surface area (Å²) in [4.78, 5) is 24.4. The molecular formula is C20H28N2O4S. The van der Waals surface area contributed by atoms with Crippen molar-refractivity contribution in [1.82, 2.24) is 4.90 Å². The monoisotopic (exact) mass is 392 g/mol. The highest BCUT2D eigenvalue weighted by Gasteiger charge is 2.28. The molecule has 0 aromatic heterocycles. The third kappa shape index (κ3) is 7.64. The van der Waals surface area contributed by atoms with Gasteiger partial charge in [0.25, 0.3) is 0 Å². The lowest BCUT2D eigenvalue weighted by molar-refractivity contribution is -0.137. The lowest BCUT2D eigenvalue weighted by Crippen LogP contribution is -2.34. The molecule has 0 aliphatic carbocycles. The molecule has 0 saturated carbocycles. The molecule has 1 aliphatic heterocycles. The summed E-state index contributed by atoms with van der Waals surface area (Å²) in [6.07, 6.45) is 5.75. The molecule has 1 aliphatic rings.